The standard InChI is InChI=1S/C6H9NSe/c1-7(2)6-4-3-5-8-6/h3-5H,1-2H3. The van der Waals surface area contributed by atoms with E-state index in [0.717, 1.165) is 0 Å². The second kappa shape index (κ2) is 2.38. The molecule has 0 saturated carbocycles. The fourth-order valence-electron chi connectivity index (χ4n) is 0.524. The SMILES string of the molecule is CN(C)c1ccc[se]1. The Morgan fingerprint density at radius 2 is 2.25 bits per heavy atom. The first-order chi connectivity index (χ1) is 3.80. The van der Waals surface area contributed by atoms with Gasteiger partial charge in [-0.15, -0.1) is 0 Å². The number of hydrogen-bond donors (Lipinski definition) is 0. The quantitative estimate of drug-likeness (QED) is 0.569. The van der Waals surface area contributed by atoms with Crippen LogP contribution in [0, 0.1) is 0 Å². The third kappa shape index (κ3) is 1.15. The first-order valence-electron chi connectivity index (χ1n) is 2.51. The van der Waals surface area contributed by atoms with E-state index in [1.807, 2.05) is 0 Å². The van der Waals surface area contributed by atoms with E-state index in [1.165, 1.54) is 4.56 Å². The van der Waals surface area contributed by atoms with Crippen molar-refractivity contribution < 1.29 is 0 Å². The van der Waals surface area contributed by atoms with Gasteiger partial charge in [0, 0.05) is 0 Å². The summed E-state index contributed by atoms with van der Waals surface area (Å²) < 4.78 is 1.46. The molecule has 1 nitrogen and oxygen atoms in total. The van der Waals surface area contributed by atoms with Crippen LogP contribution in [0.5, 0.6) is 0 Å². The Hall–Kier alpha value is -0.201. The second-order valence-electron chi connectivity index (χ2n) is 1.85. The van der Waals surface area contributed by atoms with Crippen LogP contribution in [0.1, 0.15) is 0 Å². The van der Waals surface area contributed by atoms with E-state index in [2.05, 4.69) is 36.1 Å². The molecule has 0 fully saturated rings. The van der Waals surface area contributed by atoms with E-state index in [4.69, 9.17) is 0 Å². The Bertz CT molecular complexity index is 144. The van der Waals surface area contributed by atoms with Gasteiger partial charge in [0.1, 0.15) is 0 Å². The summed E-state index contributed by atoms with van der Waals surface area (Å²) in [4.78, 5) is 4.39. The minimum atomic E-state index is 0.615. The van der Waals surface area contributed by atoms with Gasteiger partial charge in [-0.3, -0.25) is 0 Å². The summed E-state index contributed by atoms with van der Waals surface area (Å²) in [5.74, 6) is 0. The number of rotatable bonds is 1. The first kappa shape index (κ1) is 5.93. The zero-order valence-electron chi connectivity index (χ0n) is 5.09. The molecule has 0 aliphatic rings. The molecule has 1 aromatic heterocycles. The fourth-order valence-corrected chi connectivity index (χ4v) is 1.92. The summed E-state index contributed by atoms with van der Waals surface area (Å²) in [6.45, 7) is 0. The Kier molecular flexibility index (Phi) is 1.76. The maximum absolute atomic E-state index is 2.22. The first-order valence-corrected chi connectivity index (χ1v) is 4.36. The third-order valence-electron chi connectivity index (χ3n) is 0.947. The Morgan fingerprint density at radius 1 is 1.50 bits per heavy atom. The molecule has 0 saturated heterocycles. The predicted molar refractivity (Wildman–Crippen MR) is 37.7 cm³/mol. The van der Waals surface area contributed by atoms with Gasteiger partial charge in [0.2, 0.25) is 0 Å². The van der Waals surface area contributed by atoms with Crippen LogP contribution in [0.2, 0.25) is 0 Å². The van der Waals surface area contributed by atoms with E-state index in [1.54, 1.807) is 0 Å². The molecule has 44 valence electrons. The zero-order valence-corrected chi connectivity index (χ0v) is 6.80. The van der Waals surface area contributed by atoms with Crippen molar-refractivity contribution in [2.45, 2.75) is 0 Å². The zero-order chi connectivity index (χ0) is 5.98. The number of nitrogens with zero attached hydrogens (tertiary/aromatic N) is 1. The molecule has 0 spiro atoms. The molecule has 0 atom stereocenters. The molecular weight excluding hydrogens is 165 g/mol. The van der Waals surface area contributed by atoms with E-state index in [0.29, 0.717) is 14.5 Å². The molecule has 1 aromatic rings. The Balaban J connectivity index is 2.77. The summed E-state index contributed by atoms with van der Waals surface area (Å²) in [5, 5.41) is 0. The van der Waals surface area contributed by atoms with E-state index in [9.17, 15) is 0 Å². The van der Waals surface area contributed by atoms with Crippen molar-refractivity contribution in [2.75, 3.05) is 19.0 Å². The molecule has 0 unspecified atom stereocenters. The molecule has 0 amide bonds. The fraction of sp³-hybridized carbons (Fsp3) is 0.333. The molecule has 0 aromatic carbocycles. The molecule has 8 heavy (non-hydrogen) atoms. The average molecular weight is 174 g/mol. The van der Waals surface area contributed by atoms with Gasteiger partial charge >= 0.3 is 55.1 Å². The van der Waals surface area contributed by atoms with Gasteiger partial charge in [-0.1, -0.05) is 0 Å². The van der Waals surface area contributed by atoms with Gasteiger partial charge in [0.15, 0.2) is 0 Å². The van der Waals surface area contributed by atoms with Crippen LogP contribution in [0.25, 0.3) is 0 Å². The van der Waals surface area contributed by atoms with Gasteiger partial charge in [0.05, 0.1) is 0 Å². The van der Waals surface area contributed by atoms with Crippen molar-refractivity contribution in [1.82, 2.24) is 0 Å². The van der Waals surface area contributed by atoms with Crippen molar-refractivity contribution in [3.63, 3.8) is 0 Å². The summed E-state index contributed by atoms with van der Waals surface area (Å²) in [7, 11) is 4.17. The van der Waals surface area contributed by atoms with E-state index >= 15 is 0 Å². The normalized spacial score (nSPS) is 9.25. The maximum atomic E-state index is 2.22. The molecule has 2 heteroatoms. The van der Waals surface area contributed by atoms with Gasteiger partial charge in [0.25, 0.3) is 0 Å². The van der Waals surface area contributed by atoms with Crippen LogP contribution < -0.4 is 4.90 Å². The Morgan fingerprint density at radius 3 is 2.50 bits per heavy atom. The van der Waals surface area contributed by atoms with Crippen LogP contribution in [0.3, 0.4) is 0 Å². The van der Waals surface area contributed by atoms with Crippen molar-refractivity contribution in [1.29, 1.82) is 0 Å². The van der Waals surface area contributed by atoms with Crippen molar-refractivity contribution in [2.24, 2.45) is 0 Å². The van der Waals surface area contributed by atoms with Crippen LogP contribution >= 0.6 is 0 Å². The molecule has 0 N–H and O–H groups in total. The molecule has 0 aliphatic carbocycles. The molecule has 0 radical (unpaired) electrons. The number of anilines is 1. The summed E-state index contributed by atoms with van der Waals surface area (Å²) in [6.07, 6.45) is 0. The van der Waals surface area contributed by atoms with Crippen LogP contribution in [0.4, 0.5) is 4.56 Å². The monoisotopic (exact) mass is 175 g/mol. The third-order valence-corrected chi connectivity index (χ3v) is 3.12. The molecular formula is C6H9NSe. The van der Waals surface area contributed by atoms with E-state index in [-0.39, 0.29) is 0 Å². The van der Waals surface area contributed by atoms with Gasteiger partial charge in [-0.05, 0) is 0 Å². The van der Waals surface area contributed by atoms with Crippen LogP contribution in [-0.2, 0) is 0 Å². The Labute approximate surface area is 55.7 Å². The predicted octanol–water partition coefficient (Wildman–Crippen LogP) is 0.810. The summed E-state index contributed by atoms with van der Waals surface area (Å²) in [6, 6.07) is 4.29. The number of hydrogen-bond acceptors (Lipinski definition) is 1. The van der Waals surface area contributed by atoms with Crippen molar-refractivity contribution in [3.8, 4) is 0 Å². The van der Waals surface area contributed by atoms with Crippen molar-refractivity contribution >= 4 is 19.1 Å². The van der Waals surface area contributed by atoms with Gasteiger partial charge < -0.3 is 0 Å². The summed E-state index contributed by atoms with van der Waals surface area (Å²) in [5.41, 5.74) is 0. The molecule has 1 rings (SSSR count). The topological polar surface area (TPSA) is 3.24 Å². The van der Waals surface area contributed by atoms with E-state index < -0.39 is 0 Å². The van der Waals surface area contributed by atoms with Crippen LogP contribution in [0.15, 0.2) is 17.1 Å². The molecule has 0 bridgehead atoms. The van der Waals surface area contributed by atoms with Crippen LogP contribution in [-0.4, -0.2) is 28.6 Å². The average Bonchev–Trinajstić information content (AvgIpc) is 2.12. The van der Waals surface area contributed by atoms with Crippen molar-refractivity contribution in [3.05, 3.63) is 17.1 Å². The van der Waals surface area contributed by atoms with Gasteiger partial charge in [-0.25, -0.2) is 0 Å². The second-order valence-corrected chi connectivity index (χ2v) is 3.79. The minimum absolute atomic E-state index is 0.615. The molecule has 0 aliphatic heterocycles. The molecule has 1 heterocycles. The van der Waals surface area contributed by atoms with Gasteiger partial charge in [-0.2, -0.15) is 0 Å². The summed E-state index contributed by atoms with van der Waals surface area (Å²) >= 11 is 0.615.